The average Bonchev–Trinajstić information content (AvgIpc) is 2.86. The van der Waals surface area contributed by atoms with Crippen LogP contribution in [0.25, 0.3) is 0 Å². The summed E-state index contributed by atoms with van der Waals surface area (Å²) in [6.07, 6.45) is 2.38. The van der Waals surface area contributed by atoms with Crippen LogP contribution in [-0.4, -0.2) is 53.0 Å². The quantitative estimate of drug-likeness (QED) is 0.368. The summed E-state index contributed by atoms with van der Waals surface area (Å²) < 4.78 is 5.45. The van der Waals surface area contributed by atoms with Gasteiger partial charge in [-0.2, -0.15) is 11.8 Å². The number of amides is 3. The van der Waals surface area contributed by atoms with Crippen LogP contribution in [0.5, 0.6) is 0 Å². The van der Waals surface area contributed by atoms with Crippen LogP contribution in [-0.2, 0) is 20.9 Å². The normalized spacial score (nSPS) is 12.8. The molecular weight excluding hydrogens is 498 g/mol. The summed E-state index contributed by atoms with van der Waals surface area (Å²) in [6.45, 7) is 11.9. The SMILES string of the molecule is CCCN(C(=O)C(CCSC)NC(=O)OC(C)(C)C)C(C(=O)NCc1ccccc1)c1cc(C)ccc1C. The van der Waals surface area contributed by atoms with Gasteiger partial charge in [-0.25, -0.2) is 4.79 Å². The lowest BCUT2D eigenvalue weighted by molar-refractivity contribution is -0.142. The number of hydrogen-bond acceptors (Lipinski definition) is 5. The van der Waals surface area contributed by atoms with Crippen molar-refractivity contribution in [3.05, 3.63) is 70.8 Å². The first-order valence-electron chi connectivity index (χ1n) is 13.1. The third-order valence-corrected chi connectivity index (χ3v) is 6.59. The van der Waals surface area contributed by atoms with E-state index in [1.807, 2.05) is 75.6 Å². The molecule has 0 saturated carbocycles. The lowest BCUT2D eigenvalue weighted by Gasteiger charge is -2.35. The Labute approximate surface area is 232 Å². The molecular formula is C30H43N3O4S. The van der Waals surface area contributed by atoms with Crippen molar-refractivity contribution in [2.75, 3.05) is 18.6 Å². The number of carbonyl (C=O) groups is 3. The van der Waals surface area contributed by atoms with Crippen LogP contribution < -0.4 is 10.6 Å². The van der Waals surface area contributed by atoms with Crippen molar-refractivity contribution < 1.29 is 19.1 Å². The monoisotopic (exact) mass is 541 g/mol. The van der Waals surface area contributed by atoms with E-state index >= 15 is 0 Å². The molecule has 0 aromatic heterocycles. The third kappa shape index (κ3) is 9.71. The van der Waals surface area contributed by atoms with Crippen molar-refractivity contribution in [3.63, 3.8) is 0 Å². The zero-order valence-electron chi connectivity index (χ0n) is 23.8. The Morgan fingerprint density at radius 2 is 1.74 bits per heavy atom. The number of ether oxygens (including phenoxy) is 1. The van der Waals surface area contributed by atoms with Gasteiger partial charge in [0.25, 0.3) is 0 Å². The summed E-state index contributed by atoms with van der Waals surface area (Å²) in [6, 6.07) is 14.0. The van der Waals surface area contributed by atoms with E-state index < -0.39 is 23.8 Å². The van der Waals surface area contributed by atoms with Crippen LogP contribution in [0.3, 0.4) is 0 Å². The molecule has 2 aromatic rings. The molecule has 2 unspecified atom stereocenters. The zero-order chi connectivity index (χ0) is 28.3. The maximum Gasteiger partial charge on any atom is 0.408 e. The van der Waals surface area contributed by atoms with Crippen LogP contribution in [0.15, 0.2) is 48.5 Å². The second-order valence-corrected chi connectivity index (χ2v) is 11.5. The highest BCUT2D eigenvalue weighted by atomic mass is 32.2. The Morgan fingerprint density at radius 3 is 2.34 bits per heavy atom. The number of rotatable bonds is 12. The molecule has 0 aliphatic carbocycles. The van der Waals surface area contributed by atoms with Gasteiger partial charge < -0.3 is 20.3 Å². The standard InChI is InChI=1S/C30H43N3O4S/c1-8-17-33(28(35)25(16-18-38-7)32-29(36)37-30(4,5)6)26(24-19-21(2)14-15-22(24)3)27(34)31-20-23-12-10-9-11-13-23/h9-15,19,25-26H,8,16-18,20H2,1-7H3,(H,31,34)(H,32,36). The number of benzene rings is 2. The van der Waals surface area contributed by atoms with E-state index in [-0.39, 0.29) is 11.8 Å². The Kier molecular flexibility index (Phi) is 12.2. The molecule has 0 fully saturated rings. The maximum absolute atomic E-state index is 14.1. The number of hydrogen-bond donors (Lipinski definition) is 2. The number of carbonyl (C=O) groups excluding carboxylic acids is 3. The van der Waals surface area contributed by atoms with Crippen LogP contribution in [0, 0.1) is 13.8 Å². The number of aryl methyl sites for hydroxylation is 2. The molecule has 8 heteroatoms. The molecule has 2 rings (SSSR count). The van der Waals surface area contributed by atoms with E-state index in [1.165, 1.54) is 0 Å². The summed E-state index contributed by atoms with van der Waals surface area (Å²) in [5, 5.41) is 5.82. The molecule has 208 valence electrons. The fraction of sp³-hybridized carbons (Fsp3) is 0.500. The summed E-state index contributed by atoms with van der Waals surface area (Å²) in [4.78, 5) is 42.2. The molecule has 2 aromatic carbocycles. The second-order valence-electron chi connectivity index (χ2n) is 10.5. The predicted molar refractivity (Wildman–Crippen MR) is 155 cm³/mol. The minimum absolute atomic E-state index is 0.259. The maximum atomic E-state index is 14.1. The number of thioether (sulfide) groups is 1. The topological polar surface area (TPSA) is 87.7 Å². The van der Waals surface area contributed by atoms with Gasteiger partial charge in [-0.15, -0.1) is 0 Å². The second kappa shape index (κ2) is 14.8. The molecule has 0 radical (unpaired) electrons. The molecule has 7 nitrogen and oxygen atoms in total. The van der Waals surface area contributed by atoms with Gasteiger partial charge in [0.1, 0.15) is 17.7 Å². The van der Waals surface area contributed by atoms with E-state index in [1.54, 1.807) is 37.4 Å². The van der Waals surface area contributed by atoms with Crippen LogP contribution in [0.2, 0.25) is 0 Å². The van der Waals surface area contributed by atoms with E-state index in [9.17, 15) is 14.4 Å². The van der Waals surface area contributed by atoms with Crippen molar-refractivity contribution in [2.45, 2.75) is 78.6 Å². The lowest BCUT2D eigenvalue weighted by atomic mass is 9.95. The van der Waals surface area contributed by atoms with Gasteiger partial charge in [0.05, 0.1) is 0 Å². The lowest BCUT2D eigenvalue weighted by Crippen LogP contribution is -2.53. The van der Waals surface area contributed by atoms with Crippen LogP contribution >= 0.6 is 11.8 Å². The molecule has 0 aliphatic rings. The fourth-order valence-corrected chi connectivity index (χ4v) is 4.61. The molecule has 0 aliphatic heterocycles. The van der Waals surface area contributed by atoms with Crippen LogP contribution in [0.1, 0.15) is 68.8 Å². The summed E-state index contributed by atoms with van der Waals surface area (Å²) in [5.74, 6) is 0.110. The Hall–Kier alpha value is -3.00. The zero-order valence-corrected chi connectivity index (χ0v) is 24.6. The van der Waals surface area contributed by atoms with Gasteiger partial charge in [0, 0.05) is 13.1 Å². The Balaban J connectivity index is 2.46. The molecule has 2 atom stereocenters. The third-order valence-electron chi connectivity index (χ3n) is 5.95. The molecule has 0 saturated heterocycles. The summed E-state index contributed by atoms with van der Waals surface area (Å²) in [5.41, 5.74) is 2.97. The smallest absolute Gasteiger partial charge is 0.408 e. The first-order valence-corrected chi connectivity index (χ1v) is 14.5. The minimum Gasteiger partial charge on any atom is -0.444 e. The van der Waals surface area contributed by atoms with E-state index in [0.29, 0.717) is 31.7 Å². The molecule has 0 spiro atoms. The van der Waals surface area contributed by atoms with Crippen LogP contribution in [0.4, 0.5) is 4.79 Å². The van der Waals surface area contributed by atoms with Crippen molar-refractivity contribution in [2.24, 2.45) is 0 Å². The van der Waals surface area contributed by atoms with Crippen molar-refractivity contribution in [1.82, 2.24) is 15.5 Å². The van der Waals surface area contributed by atoms with E-state index in [4.69, 9.17) is 4.74 Å². The van der Waals surface area contributed by atoms with Crippen molar-refractivity contribution in [3.8, 4) is 0 Å². The number of nitrogens with zero attached hydrogens (tertiary/aromatic N) is 1. The largest absolute Gasteiger partial charge is 0.444 e. The molecule has 0 heterocycles. The molecule has 2 N–H and O–H groups in total. The van der Waals surface area contributed by atoms with Crippen molar-refractivity contribution >= 4 is 29.7 Å². The van der Waals surface area contributed by atoms with E-state index in [2.05, 4.69) is 10.6 Å². The van der Waals surface area contributed by atoms with Gasteiger partial charge in [-0.05, 0) is 76.2 Å². The highest BCUT2D eigenvalue weighted by molar-refractivity contribution is 7.98. The fourth-order valence-electron chi connectivity index (χ4n) is 4.14. The van der Waals surface area contributed by atoms with Gasteiger partial charge in [-0.3, -0.25) is 9.59 Å². The Bertz CT molecular complexity index is 1070. The number of nitrogens with one attached hydrogen (secondary N) is 2. The average molecular weight is 542 g/mol. The predicted octanol–water partition coefficient (Wildman–Crippen LogP) is 5.55. The van der Waals surface area contributed by atoms with E-state index in [0.717, 1.165) is 22.3 Å². The summed E-state index contributed by atoms with van der Waals surface area (Å²) in [7, 11) is 0. The first-order chi connectivity index (χ1) is 18.0. The molecule has 3 amide bonds. The Morgan fingerprint density at radius 1 is 1.05 bits per heavy atom. The molecule has 38 heavy (non-hydrogen) atoms. The first kappa shape index (κ1) is 31.2. The summed E-state index contributed by atoms with van der Waals surface area (Å²) >= 11 is 1.59. The highest BCUT2D eigenvalue weighted by Gasteiger charge is 2.36. The van der Waals surface area contributed by atoms with Gasteiger partial charge in [0.2, 0.25) is 11.8 Å². The van der Waals surface area contributed by atoms with Gasteiger partial charge in [-0.1, -0.05) is 61.0 Å². The minimum atomic E-state index is -0.844. The van der Waals surface area contributed by atoms with Gasteiger partial charge in [0.15, 0.2) is 0 Å². The number of alkyl carbamates (subject to hydrolysis) is 1. The van der Waals surface area contributed by atoms with Gasteiger partial charge >= 0.3 is 6.09 Å². The molecule has 0 bridgehead atoms. The van der Waals surface area contributed by atoms with Crippen molar-refractivity contribution in [1.29, 1.82) is 0 Å². The highest BCUT2D eigenvalue weighted by Crippen LogP contribution is 2.27.